The number of hydrogen-bond donors (Lipinski definition) is 2. The molecule has 0 atom stereocenters. The van der Waals surface area contributed by atoms with Crippen LogP contribution in [-0.4, -0.2) is 34.2 Å². The fraction of sp³-hybridized carbons (Fsp3) is 0.435. The Bertz CT molecular complexity index is 1970. The second-order valence-electron chi connectivity index (χ2n) is 14.5. The minimum atomic E-state index is 0.553. The number of rotatable bonds is 15. The molecular formula is C46H58N4O2. The zero-order chi connectivity index (χ0) is 36.8. The van der Waals surface area contributed by atoms with Gasteiger partial charge in [-0.1, -0.05) is 80.1 Å². The van der Waals surface area contributed by atoms with Crippen molar-refractivity contribution in [3.63, 3.8) is 0 Å². The molecule has 274 valence electrons. The van der Waals surface area contributed by atoms with Crippen LogP contribution in [0.15, 0.2) is 42.5 Å². The van der Waals surface area contributed by atoms with E-state index in [-0.39, 0.29) is 0 Å². The maximum atomic E-state index is 5.99. The Morgan fingerprint density at radius 2 is 0.904 bits per heavy atom. The van der Waals surface area contributed by atoms with Crippen molar-refractivity contribution in [2.45, 2.75) is 99.3 Å². The molecule has 4 aromatic rings. The number of methoxy groups -OCH3 is 2. The highest BCUT2D eigenvalue weighted by molar-refractivity contribution is 5.96. The van der Waals surface area contributed by atoms with Crippen molar-refractivity contribution in [2.75, 3.05) is 14.2 Å². The summed E-state index contributed by atoms with van der Waals surface area (Å²) in [5, 5.41) is 0. The third kappa shape index (κ3) is 7.62. The van der Waals surface area contributed by atoms with Crippen LogP contribution in [0.5, 0.6) is 11.5 Å². The molecule has 0 aliphatic carbocycles. The molecule has 0 saturated carbocycles. The van der Waals surface area contributed by atoms with Crippen molar-refractivity contribution < 1.29 is 9.47 Å². The third-order valence-electron chi connectivity index (χ3n) is 11.7. The lowest BCUT2D eigenvalue weighted by Gasteiger charge is -2.14. The van der Waals surface area contributed by atoms with Gasteiger partial charge in [-0.15, -0.1) is 0 Å². The highest BCUT2D eigenvalue weighted by Crippen LogP contribution is 2.39. The van der Waals surface area contributed by atoms with E-state index in [9.17, 15) is 0 Å². The van der Waals surface area contributed by atoms with Gasteiger partial charge in [0.15, 0.2) is 0 Å². The summed E-state index contributed by atoms with van der Waals surface area (Å²) in [6.07, 6.45) is 18.5. The zero-order valence-corrected chi connectivity index (χ0v) is 32.7. The highest BCUT2D eigenvalue weighted by Gasteiger charge is 2.21. The standard InChI is InChI=1S/C46H58N4O2/c1-9-29(10-2)25-33-37-16-18-39(47-37)34(26-30(11-3)12-4)41-20-22-43(49-41)46(36-28-32(51-7)15-24-45(36)52-8)44-23-21-42(50-44)35(27-31(13-5)14-6)40-19-17-38(33)48-40/h15-24,28-31,49-50H,9-14,25-27H2,1-8H3. The minimum absolute atomic E-state index is 0.553. The van der Waals surface area contributed by atoms with Gasteiger partial charge < -0.3 is 19.4 Å². The number of ether oxygens (including phenoxy) is 2. The predicted octanol–water partition coefficient (Wildman–Crippen LogP) is 12.3. The first-order valence-corrected chi connectivity index (χ1v) is 19.7. The highest BCUT2D eigenvalue weighted by atomic mass is 16.5. The largest absolute Gasteiger partial charge is 0.497 e. The van der Waals surface area contributed by atoms with Crippen LogP contribution < -0.4 is 9.47 Å². The molecule has 6 nitrogen and oxygen atoms in total. The number of H-pyrrole nitrogens is 2. The van der Waals surface area contributed by atoms with Crippen molar-refractivity contribution >= 4 is 46.4 Å². The van der Waals surface area contributed by atoms with Crippen LogP contribution in [0.4, 0.5) is 0 Å². The first-order chi connectivity index (χ1) is 25.4. The molecule has 0 amide bonds. The summed E-state index contributed by atoms with van der Waals surface area (Å²) in [7, 11) is 3.44. The molecule has 1 aromatic carbocycles. The molecule has 0 spiro atoms. The normalized spacial score (nSPS) is 12.5. The lowest BCUT2D eigenvalue weighted by molar-refractivity contribution is 0.404. The van der Waals surface area contributed by atoms with Crippen molar-refractivity contribution in [2.24, 2.45) is 17.8 Å². The van der Waals surface area contributed by atoms with Crippen molar-refractivity contribution in [1.82, 2.24) is 19.9 Å². The van der Waals surface area contributed by atoms with E-state index >= 15 is 0 Å². The predicted molar refractivity (Wildman–Crippen MR) is 221 cm³/mol. The SMILES string of the molecule is CCC(CC)Cc1c2nc(c(CC(CC)CC)c3ccc([nH]3)c(-c3cc(OC)ccc3OC)c3ccc([nH]3)c(CC(CC)CC)c3nc1C=C3)C=C2. The Hall–Kier alpha value is -4.58. The third-order valence-corrected chi connectivity index (χ3v) is 11.7. The molecule has 0 fully saturated rings. The second-order valence-corrected chi connectivity index (χ2v) is 14.5. The van der Waals surface area contributed by atoms with Gasteiger partial charge in [-0.25, -0.2) is 9.97 Å². The quantitative estimate of drug-likeness (QED) is 0.112. The van der Waals surface area contributed by atoms with Gasteiger partial charge >= 0.3 is 0 Å². The molecule has 0 unspecified atom stereocenters. The van der Waals surface area contributed by atoms with E-state index < -0.39 is 0 Å². The van der Waals surface area contributed by atoms with E-state index in [1.807, 2.05) is 12.1 Å². The molecule has 2 aliphatic rings. The molecule has 8 bridgehead atoms. The minimum Gasteiger partial charge on any atom is -0.497 e. The Kier molecular flexibility index (Phi) is 12.0. The Morgan fingerprint density at radius 1 is 0.500 bits per heavy atom. The molecular weight excluding hydrogens is 641 g/mol. The lowest BCUT2D eigenvalue weighted by Crippen LogP contribution is -2.06. The van der Waals surface area contributed by atoms with Gasteiger partial charge in [0.25, 0.3) is 0 Å². The summed E-state index contributed by atoms with van der Waals surface area (Å²) in [5.74, 6) is 3.23. The van der Waals surface area contributed by atoms with E-state index in [1.165, 1.54) is 16.7 Å². The van der Waals surface area contributed by atoms with Gasteiger partial charge in [0.05, 0.1) is 37.0 Å². The van der Waals surface area contributed by atoms with E-state index in [4.69, 9.17) is 19.4 Å². The Morgan fingerprint density at radius 3 is 1.31 bits per heavy atom. The molecule has 2 aliphatic heterocycles. The van der Waals surface area contributed by atoms with Crippen LogP contribution in [0.1, 0.15) is 120 Å². The average molecular weight is 699 g/mol. The van der Waals surface area contributed by atoms with Crippen LogP contribution in [0.25, 0.3) is 57.5 Å². The molecule has 0 saturated heterocycles. The summed E-state index contributed by atoms with van der Waals surface area (Å²) < 4.78 is 11.7. The van der Waals surface area contributed by atoms with E-state index in [0.29, 0.717) is 17.8 Å². The van der Waals surface area contributed by atoms with Gasteiger partial charge in [0.1, 0.15) is 11.5 Å². The monoisotopic (exact) mass is 698 g/mol. The second kappa shape index (κ2) is 16.8. The Balaban J connectivity index is 1.79. The number of nitrogens with zero attached hydrogens (tertiary/aromatic N) is 2. The molecule has 3 aromatic heterocycles. The van der Waals surface area contributed by atoms with Crippen LogP contribution in [0.3, 0.4) is 0 Å². The number of aromatic amines is 2. The molecule has 6 heteroatoms. The maximum absolute atomic E-state index is 5.99. The maximum Gasteiger partial charge on any atom is 0.127 e. The fourth-order valence-corrected chi connectivity index (χ4v) is 7.92. The summed E-state index contributed by atoms with van der Waals surface area (Å²) in [6.45, 7) is 13.8. The smallest absolute Gasteiger partial charge is 0.127 e. The van der Waals surface area contributed by atoms with Gasteiger partial charge in [-0.3, -0.25) is 0 Å². The summed E-state index contributed by atoms with van der Waals surface area (Å²) in [5.41, 5.74) is 14.1. The van der Waals surface area contributed by atoms with E-state index in [2.05, 4.69) is 106 Å². The number of hydrogen-bond acceptors (Lipinski definition) is 4. The van der Waals surface area contributed by atoms with Crippen LogP contribution in [-0.2, 0) is 19.3 Å². The zero-order valence-electron chi connectivity index (χ0n) is 32.7. The number of fused-ring (bicyclic) bond motifs is 8. The van der Waals surface area contributed by atoms with Crippen LogP contribution in [0, 0.1) is 17.8 Å². The topological polar surface area (TPSA) is 75.8 Å². The van der Waals surface area contributed by atoms with Crippen molar-refractivity contribution in [3.8, 4) is 22.6 Å². The van der Waals surface area contributed by atoms with Gasteiger partial charge in [-0.05, 0) is 104 Å². The lowest BCUT2D eigenvalue weighted by atomic mass is 9.93. The van der Waals surface area contributed by atoms with Crippen molar-refractivity contribution in [3.05, 3.63) is 81.9 Å². The van der Waals surface area contributed by atoms with Crippen LogP contribution in [0.2, 0.25) is 0 Å². The molecule has 52 heavy (non-hydrogen) atoms. The first kappa shape index (κ1) is 37.2. The Labute approximate surface area is 310 Å². The van der Waals surface area contributed by atoms with Gasteiger partial charge in [-0.2, -0.15) is 0 Å². The number of aromatic nitrogens is 4. The van der Waals surface area contributed by atoms with Gasteiger partial charge in [0.2, 0.25) is 0 Å². The average Bonchev–Trinajstić information content (AvgIpc) is 4.02. The van der Waals surface area contributed by atoms with E-state index in [1.54, 1.807) is 14.2 Å². The molecule has 2 N–H and O–H groups in total. The van der Waals surface area contributed by atoms with Crippen molar-refractivity contribution in [1.29, 1.82) is 0 Å². The fourth-order valence-electron chi connectivity index (χ4n) is 7.92. The summed E-state index contributed by atoms with van der Waals surface area (Å²) in [4.78, 5) is 18.7. The number of nitrogens with one attached hydrogen (secondary N) is 2. The van der Waals surface area contributed by atoms with Gasteiger partial charge in [0, 0.05) is 49.9 Å². The summed E-state index contributed by atoms with van der Waals surface area (Å²) >= 11 is 0. The molecule has 5 heterocycles. The molecule has 0 radical (unpaired) electrons. The first-order valence-electron chi connectivity index (χ1n) is 19.7. The van der Waals surface area contributed by atoms with E-state index in [0.717, 1.165) is 125 Å². The summed E-state index contributed by atoms with van der Waals surface area (Å²) in [6, 6.07) is 14.9. The molecule has 6 rings (SSSR count). The van der Waals surface area contributed by atoms with Crippen LogP contribution >= 0.6 is 0 Å². The number of benzene rings is 1.